The highest BCUT2D eigenvalue weighted by atomic mass is 32.1. The number of fused-ring (bicyclic) bond motifs is 2. The highest BCUT2D eigenvalue weighted by Crippen LogP contribution is 2.35. The molecule has 26 heavy (non-hydrogen) atoms. The Morgan fingerprint density at radius 1 is 1.38 bits per heavy atom. The van der Waals surface area contributed by atoms with Gasteiger partial charge < -0.3 is 20.7 Å². The number of carbonyl (C=O) groups is 1. The number of hydrogen-bond acceptors (Lipinski definition) is 5. The van der Waals surface area contributed by atoms with Gasteiger partial charge in [0.15, 0.2) is 0 Å². The van der Waals surface area contributed by atoms with Gasteiger partial charge in [-0.2, -0.15) is 0 Å². The molecule has 0 saturated heterocycles. The molecule has 4 N–H and O–H groups in total. The molecule has 3 aromatic rings. The van der Waals surface area contributed by atoms with Crippen LogP contribution in [0, 0.1) is 0 Å². The van der Waals surface area contributed by atoms with E-state index in [1.165, 1.54) is 21.8 Å². The van der Waals surface area contributed by atoms with Gasteiger partial charge in [-0.3, -0.25) is 4.79 Å². The van der Waals surface area contributed by atoms with E-state index in [9.17, 15) is 4.79 Å². The van der Waals surface area contributed by atoms with Gasteiger partial charge in [0.25, 0.3) is 5.91 Å². The number of nitrogens with one attached hydrogen (secondary N) is 2. The first-order valence-corrected chi connectivity index (χ1v) is 9.35. The topological polar surface area (TPSA) is 81.7 Å². The molecule has 1 aliphatic rings. The van der Waals surface area contributed by atoms with Gasteiger partial charge in [-0.25, -0.2) is 4.98 Å². The van der Waals surface area contributed by atoms with Crippen molar-refractivity contribution in [1.82, 2.24) is 4.98 Å². The van der Waals surface area contributed by atoms with Crippen molar-refractivity contribution in [2.75, 3.05) is 31.8 Å². The molecule has 0 fully saturated rings. The number of carbonyl (C=O) groups excluding carboxylic acids is 1. The number of benzene rings is 1. The zero-order valence-corrected chi connectivity index (χ0v) is 15.6. The fourth-order valence-electron chi connectivity index (χ4n) is 3.33. The summed E-state index contributed by atoms with van der Waals surface area (Å²) >= 11 is 1.34. The number of anilines is 2. The number of quaternary nitrogens is 1. The number of para-hydroxylation sites is 2. The Kier molecular flexibility index (Phi) is 4.26. The molecule has 4 rings (SSSR count). The highest BCUT2D eigenvalue weighted by Gasteiger charge is 2.23. The minimum absolute atomic E-state index is 0.240. The van der Waals surface area contributed by atoms with Gasteiger partial charge in [0.05, 0.1) is 37.8 Å². The fourth-order valence-corrected chi connectivity index (χ4v) is 4.32. The van der Waals surface area contributed by atoms with E-state index in [4.69, 9.17) is 15.5 Å². The maximum atomic E-state index is 12.8. The summed E-state index contributed by atoms with van der Waals surface area (Å²) < 4.78 is 5.29. The molecule has 0 radical (unpaired) electrons. The highest BCUT2D eigenvalue weighted by molar-refractivity contribution is 7.21. The van der Waals surface area contributed by atoms with E-state index in [-0.39, 0.29) is 5.91 Å². The molecule has 1 aromatic carbocycles. The molecule has 3 heterocycles. The number of methoxy groups -OCH3 is 1. The van der Waals surface area contributed by atoms with Crippen LogP contribution in [-0.4, -0.2) is 31.6 Å². The lowest BCUT2D eigenvalue weighted by molar-refractivity contribution is -0.895. The second kappa shape index (κ2) is 6.59. The number of ether oxygens (including phenoxy) is 1. The molecule has 0 saturated carbocycles. The number of thiophene rings is 1. The Morgan fingerprint density at radius 3 is 3.00 bits per heavy atom. The maximum Gasteiger partial charge on any atom is 0.268 e. The van der Waals surface area contributed by atoms with Crippen LogP contribution in [0.3, 0.4) is 0 Å². The second-order valence-electron chi connectivity index (χ2n) is 6.58. The summed E-state index contributed by atoms with van der Waals surface area (Å²) in [6, 6.07) is 9.41. The van der Waals surface area contributed by atoms with Gasteiger partial charge in [0, 0.05) is 17.4 Å². The van der Waals surface area contributed by atoms with E-state index in [1.54, 1.807) is 19.2 Å². The van der Waals surface area contributed by atoms with Gasteiger partial charge >= 0.3 is 0 Å². The molecule has 0 bridgehead atoms. The average Bonchev–Trinajstić information content (AvgIpc) is 2.96. The summed E-state index contributed by atoms with van der Waals surface area (Å²) in [6.45, 7) is 2.02. The van der Waals surface area contributed by atoms with Crippen LogP contribution in [-0.2, 0) is 13.0 Å². The van der Waals surface area contributed by atoms with Crippen molar-refractivity contribution in [1.29, 1.82) is 0 Å². The van der Waals surface area contributed by atoms with E-state index in [1.807, 2.05) is 12.1 Å². The molecule has 1 unspecified atom stereocenters. The lowest BCUT2D eigenvalue weighted by atomic mass is 10.0. The summed E-state index contributed by atoms with van der Waals surface area (Å²) in [5.74, 6) is 0.371. The number of aromatic nitrogens is 1. The Morgan fingerprint density at radius 2 is 2.19 bits per heavy atom. The van der Waals surface area contributed by atoms with Crippen molar-refractivity contribution in [3.8, 4) is 5.75 Å². The first kappa shape index (κ1) is 16.8. The minimum Gasteiger partial charge on any atom is -0.495 e. The zero-order chi connectivity index (χ0) is 18.3. The summed E-state index contributed by atoms with van der Waals surface area (Å²) in [4.78, 5) is 20.3. The van der Waals surface area contributed by atoms with Crippen LogP contribution in [0.25, 0.3) is 10.2 Å². The summed E-state index contributed by atoms with van der Waals surface area (Å²) in [5.41, 5.74) is 9.77. The quantitative estimate of drug-likeness (QED) is 0.656. The Hall–Kier alpha value is -2.64. The number of nitrogens with zero attached hydrogens (tertiary/aromatic N) is 1. The normalized spacial score (nSPS) is 16.3. The minimum atomic E-state index is -0.240. The van der Waals surface area contributed by atoms with Gasteiger partial charge in [0.2, 0.25) is 0 Å². The number of nitrogen functional groups attached to an aromatic ring is 1. The third-order valence-corrected chi connectivity index (χ3v) is 5.85. The number of amides is 1. The Labute approximate surface area is 155 Å². The van der Waals surface area contributed by atoms with Crippen molar-refractivity contribution in [3.05, 3.63) is 46.5 Å². The van der Waals surface area contributed by atoms with Crippen molar-refractivity contribution in [2.24, 2.45) is 0 Å². The van der Waals surface area contributed by atoms with Crippen molar-refractivity contribution < 1.29 is 14.4 Å². The van der Waals surface area contributed by atoms with Gasteiger partial charge in [-0.05, 0) is 18.2 Å². The molecule has 1 atom stereocenters. The van der Waals surface area contributed by atoms with Gasteiger partial charge in [-0.1, -0.05) is 12.1 Å². The van der Waals surface area contributed by atoms with E-state index in [0.29, 0.717) is 22.0 Å². The largest absolute Gasteiger partial charge is 0.495 e. The van der Waals surface area contributed by atoms with Crippen LogP contribution in [0.15, 0.2) is 30.3 Å². The summed E-state index contributed by atoms with van der Waals surface area (Å²) in [5, 5.41) is 3.76. The molecule has 6 nitrogen and oxygen atoms in total. The van der Waals surface area contributed by atoms with Crippen LogP contribution >= 0.6 is 11.3 Å². The van der Waals surface area contributed by atoms with Crippen molar-refractivity contribution >= 4 is 38.8 Å². The number of likely N-dealkylation sites (N-methyl/N-ethyl adjacent to an activating group) is 1. The molecule has 1 amide bonds. The number of pyridine rings is 1. The molecule has 2 aromatic heterocycles. The molecule has 134 valence electrons. The number of nitrogens with two attached hydrogens (primary N) is 1. The van der Waals surface area contributed by atoms with E-state index >= 15 is 0 Å². The van der Waals surface area contributed by atoms with Crippen LogP contribution in [0.1, 0.15) is 20.9 Å². The van der Waals surface area contributed by atoms with Crippen LogP contribution in [0.5, 0.6) is 5.75 Å². The number of rotatable bonds is 3. The molecule has 0 spiro atoms. The third-order valence-electron chi connectivity index (χ3n) is 4.73. The Balaban J connectivity index is 1.70. The number of hydrogen-bond donors (Lipinski definition) is 3. The van der Waals surface area contributed by atoms with Crippen LogP contribution < -0.4 is 20.7 Å². The predicted octanol–water partition coefficient (Wildman–Crippen LogP) is 1.71. The van der Waals surface area contributed by atoms with Gasteiger partial charge in [-0.15, -0.1) is 11.3 Å². The van der Waals surface area contributed by atoms with E-state index in [2.05, 4.69) is 18.4 Å². The molecular weight excluding hydrogens is 348 g/mol. The van der Waals surface area contributed by atoms with Gasteiger partial charge in [0.1, 0.15) is 22.0 Å². The lowest BCUT2D eigenvalue weighted by Crippen LogP contribution is -3.08. The first-order valence-electron chi connectivity index (χ1n) is 8.53. The van der Waals surface area contributed by atoms with Crippen molar-refractivity contribution in [3.63, 3.8) is 0 Å². The standard InChI is InChI=1S/C19H20N4O2S/c1-23-8-7-13-11(10-23)9-12-16(20)17(26-19(12)22-13)18(24)21-14-5-3-4-6-15(14)25-2/h3-6,9H,7-8,10,20H2,1-2H3,(H,21,24)/p+1. The maximum absolute atomic E-state index is 12.8. The van der Waals surface area contributed by atoms with Crippen LogP contribution in [0.2, 0.25) is 0 Å². The van der Waals surface area contributed by atoms with Crippen LogP contribution in [0.4, 0.5) is 11.4 Å². The lowest BCUT2D eigenvalue weighted by Gasteiger charge is -2.21. The smallest absolute Gasteiger partial charge is 0.268 e. The van der Waals surface area contributed by atoms with Crippen molar-refractivity contribution in [2.45, 2.75) is 13.0 Å². The molecular formula is C19H21N4O2S+. The third kappa shape index (κ3) is 2.89. The zero-order valence-electron chi connectivity index (χ0n) is 14.8. The molecule has 0 aliphatic carbocycles. The Bertz CT molecular complexity index is 999. The summed E-state index contributed by atoms with van der Waals surface area (Å²) in [6.07, 6.45) is 0.956. The first-order chi connectivity index (χ1) is 12.6. The predicted molar refractivity (Wildman–Crippen MR) is 104 cm³/mol. The van der Waals surface area contributed by atoms with E-state index < -0.39 is 0 Å². The van der Waals surface area contributed by atoms with E-state index in [0.717, 1.165) is 35.4 Å². The molecule has 7 heteroatoms. The monoisotopic (exact) mass is 369 g/mol. The summed E-state index contributed by atoms with van der Waals surface area (Å²) in [7, 11) is 3.75. The average molecular weight is 369 g/mol. The fraction of sp³-hybridized carbons (Fsp3) is 0.263. The molecule has 1 aliphatic heterocycles. The SMILES string of the molecule is COc1ccccc1NC(=O)c1sc2nc3c(cc2c1N)C[NH+](C)CC3. The second-order valence-corrected chi connectivity index (χ2v) is 7.58.